The molecule has 0 aliphatic heterocycles. The van der Waals surface area contributed by atoms with E-state index in [9.17, 15) is 4.79 Å². The summed E-state index contributed by atoms with van der Waals surface area (Å²) < 4.78 is 11.5. The molecule has 1 fully saturated rings. The molecule has 0 atom stereocenters. The van der Waals surface area contributed by atoms with Crippen LogP contribution in [-0.2, 0) is 4.79 Å². The highest BCUT2D eigenvalue weighted by Crippen LogP contribution is 2.33. The van der Waals surface area contributed by atoms with Crippen LogP contribution in [0.5, 0.6) is 11.5 Å². The van der Waals surface area contributed by atoms with E-state index in [1.165, 1.54) is 70.6 Å². The van der Waals surface area contributed by atoms with Crippen molar-refractivity contribution in [2.24, 2.45) is 11.8 Å². The minimum atomic E-state index is -0.0889. The molecule has 0 spiro atoms. The van der Waals surface area contributed by atoms with Gasteiger partial charge in [-0.1, -0.05) is 84.5 Å². The average Bonchev–Trinajstić information content (AvgIpc) is 2.93. The molecule has 0 amide bonds. The van der Waals surface area contributed by atoms with Gasteiger partial charge in [-0.25, -0.2) is 9.97 Å². The number of unbranched alkanes of at least 4 members (excludes halogenated alkanes) is 9. The van der Waals surface area contributed by atoms with Crippen molar-refractivity contribution in [2.45, 2.75) is 117 Å². The maximum absolute atomic E-state index is 12.7. The SMILES string of the molecule is CCCCCCCCCCOc1cnc(-c2ccc(OC(=O)C3CCC(CCCCC)CC3)cc2)nc1. The van der Waals surface area contributed by atoms with Crippen molar-refractivity contribution in [1.29, 1.82) is 0 Å². The molecule has 3 rings (SSSR count). The zero-order chi connectivity index (χ0) is 26.1. The van der Waals surface area contributed by atoms with Gasteiger partial charge in [0.25, 0.3) is 0 Å². The molecule has 5 heteroatoms. The van der Waals surface area contributed by atoms with E-state index in [0.717, 1.165) is 43.6 Å². The van der Waals surface area contributed by atoms with Crippen LogP contribution >= 0.6 is 0 Å². The van der Waals surface area contributed by atoms with E-state index in [2.05, 4.69) is 23.8 Å². The third-order valence-corrected chi connectivity index (χ3v) is 7.62. The second-order valence-corrected chi connectivity index (χ2v) is 10.7. The third kappa shape index (κ3) is 10.8. The molecule has 1 aromatic heterocycles. The van der Waals surface area contributed by atoms with Crippen molar-refractivity contribution < 1.29 is 14.3 Å². The first kappa shape index (κ1) is 29.1. The maximum Gasteiger partial charge on any atom is 0.314 e. The van der Waals surface area contributed by atoms with Crippen molar-refractivity contribution in [1.82, 2.24) is 9.97 Å². The molecule has 0 radical (unpaired) electrons. The average molecular weight is 509 g/mol. The van der Waals surface area contributed by atoms with Crippen LogP contribution < -0.4 is 9.47 Å². The van der Waals surface area contributed by atoms with Gasteiger partial charge in [0, 0.05) is 5.56 Å². The fraction of sp³-hybridized carbons (Fsp3) is 0.656. The second kappa shape index (κ2) is 17.1. The van der Waals surface area contributed by atoms with Gasteiger partial charge in [-0.05, 0) is 62.3 Å². The third-order valence-electron chi connectivity index (χ3n) is 7.62. The van der Waals surface area contributed by atoms with Crippen molar-refractivity contribution in [3.8, 4) is 22.9 Å². The van der Waals surface area contributed by atoms with Gasteiger partial charge in [0.1, 0.15) is 5.75 Å². The summed E-state index contributed by atoms with van der Waals surface area (Å²) in [7, 11) is 0. The van der Waals surface area contributed by atoms with Crippen molar-refractivity contribution in [2.75, 3.05) is 6.61 Å². The molecule has 37 heavy (non-hydrogen) atoms. The van der Waals surface area contributed by atoms with Crippen LogP contribution in [0.3, 0.4) is 0 Å². The summed E-state index contributed by atoms with van der Waals surface area (Å²) in [6.07, 6.45) is 23.2. The molecule has 2 aromatic rings. The Bertz CT molecular complexity index is 874. The van der Waals surface area contributed by atoms with Gasteiger partial charge in [-0.2, -0.15) is 0 Å². The lowest BCUT2D eigenvalue weighted by Crippen LogP contribution is -2.25. The predicted molar refractivity (Wildman–Crippen MR) is 151 cm³/mol. The minimum Gasteiger partial charge on any atom is -0.490 e. The molecular weight excluding hydrogens is 460 g/mol. The number of benzene rings is 1. The van der Waals surface area contributed by atoms with Gasteiger partial charge in [-0.3, -0.25) is 4.79 Å². The quantitative estimate of drug-likeness (QED) is 0.121. The molecule has 1 aliphatic rings. The number of carbonyl (C=O) groups excluding carboxylic acids is 1. The molecule has 1 saturated carbocycles. The Morgan fingerprint density at radius 1 is 0.757 bits per heavy atom. The van der Waals surface area contributed by atoms with Crippen LogP contribution in [0.2, 0.25) is 0 Å². The Labute approximate surface area is 224 Å². The van der Waals surface area contributed by atoms with Gasteiger partial charge in [0.15, 0.2) is 11.6 Å². The molecule has 0 N–H and O–H groups in total. The number of hydrogen-bond acceptors (Lipinski definition) is 5. The molecule has 1 aliphatic carbocycles. The molecule has 5 nitrogen and oxygen atoms in total. The Morgan fingerprint density at radius 3 is 2.00 bits per heavy atom. The number of nitrogens with zero attached hydrogens (tertiary/aromatic N) is 2. The Morgan fingerprint density at radius 2 is 1.35 bits per heavy atom. The first-order valence-electron chi connectivity index (χ1n) is 15.0. The fourth-order valence-electron chi connectivity index (χ4n) is 5.21. The van der Waals surface area contributed by atoms with E-state index in [1.807, 2.05) is 24.3 Å². The summed E-state index contributed by atoms with van der Waals surface area (Å²) in [5.74, 6) is 2.66. The number of carbonyl (C=O) groups is 1. The van der Waals surface area contributed by atoms with Crippen LogP contribution in [0.1, 0.15) is 117 Å². The first-order chi connectivity index (χ1) is 18.2. The van der Waals surface area contributed by atoms with Crippen LogP contribution in [0.15, 0.2) is 36.7 Å². The second-order valence-electron chi connectivity index (χ2n) is 10.7. The number of rotatable bonds is 17. The van der Waals surface area contributed by atoms with Crippen LogP contribution in [0.25, 0.3) is 11.4 Å². The Balaban J connectivity index is 1.35. The Kier molecular flexibility index (Phi) is 13.5. The smallest absolute Gasteiger partial charge is 0.314 e. The van der Waals surface area contributed by atoms with E-state index in [1.54, 1.807) is 12.4 Å². The largest absolute Gasteiger partial charge is 0.490 e. The fourth-order valence-corrected chi connectivity index (χ4v) is 5.21. The first-order valence-corrected chi connectivity index (χ1v) is 15.0. The Hall–Kier alpha value is -2.43. The van der Waals surface area contributed by atoms with E-state index >= 15 is 0 Å². The summed E-state index contributed by atoms with van der Waals surface area (Å²) >= 11 is 0. The zero-order valence-corrected chi connectivity index (χ0v) is 23.3. The standard InChI is InChI=1S/C32H48N2O3/c1-3-5-7-8-9-10-11-13-23-36-30-24-33-31(34-25-30)27-19-21-29(22-20-27)37-32(35)28-17-15-26(16-18-28)14-12-6-4-2/h19-22,24-26,28H,3-18,23H2,1-2H3. The molecule has 204 valence electrons. The number of ether oxygens (including phenoxy) is 2. The molecule has 1 heterocycles. The highest BCUT2D eigenvalue weighted by atomic mass is 16.5. The van der Waals surface area contributed by atoms with E-state index < -0.39 is 0 Å². The van der Waals surface area contributed by atoms with E-state index in [0.29, 0.717) is 23.9 Å². The van der Waals surface area contributed by atoms with Gasteiger partial charge in [0.2, 0.25) is 0 Å². The van der Waals surface area contributed by atoms with Gasteiger partial charge >= 0.3 is 5.97 Å². The maximum atomic E-state index is 12.7. The molecule has 1 aromatic carbocycles. The van der Waals surface area contributed by atoms with Crippen LogP contribution in [0, 0.1) is 11.8 Å². The van der Waals surface area contributed by atoms with Crippen molar-refractivity contribution >= 4 is 5.97 Å². The summed E-state index contributed by atoms with van der Waals surface area (Å²) in [6, 6.07) is 7.48. The summed E-state index contributed by atoms with van der Waals surface area (Å²) in [5.41, 5.74) is 0.891. The normalized spacial score (nSPS) is 17.5. The number of esters is 1. The van der Waals surface area contributed by atoms with Crippen LogP contribution in [0.4, 0.5) is 0 Å². The number of hydrogen-bond donors (Lipinski definition) is 0. The van der Waals surface area contributed by atoms with Crippen molar-refractivity contribution in [3.63, 3.8) is 0 Å². The lowest BCUT2D eigenvalue weighted by atomic mass is 9.80. The molecular formula is C32H48N2O3. The van der Waals surface area contributed by atoms with Gasteiger partial charge in [0.05, 0.1) is 24.9 Å². The van der Waals surface area contributed by atoms with Gasteiger partial charge in [-0.15, -0.1) is 0 Å². The van der Waals surface area contributed by atoms with Crippen LogP contribution in [-0.4, -0.2) is 22.5 Å². The zero-order valence-electron chi connectivity index (χ0n) is 23.3. The monoisotopic (exact) mass is 508 g/mol. The minimum absolute atomic E-state index is 0.0313. The highest BCUT2D eigenvalue weighted by Gasteiger charge is 2.27. The molecule has 0 saturated heterocycles. The van der Waals surface area contributed by atoms with Crippen molar-refractivity contribution in [3.05, 3.63) is 36.7 Å². The van der Waals surface area contributed by atoms with Gasteiger partial charge < -0.3 is 9.47 Å². The lowest BCUT2D eigenvalue weighted by Gasteiger charge is -2.27. The molecule has 0 unspecified atom stereocenters. The van der Waals surface area contributed by atoms with E-state index in [4.69, 9.17) is 9.47 Å². The molecule has 0 bridgehead atoms. The topological polar surface area (TPSA) is 61.3 Å². The predicted octanol–water partition coefficient (Wildman–Crippen LogP) is 8.96. The summed E-state index contributed by atoms with van der Waals surface area (Å²) in [6.45, 7) is 5.21. The highest BCUT2D eigenvalue weighted by molar-refractivity contribution is 5.75. The van der Waals surface area contributed by atoms with E-state index in [-0.39, 0.29) is 11.9 Å². The summed E-state index contributed by atoms with van der Waals surface area (Å²) in [5, 5.41) is 0. The number of aromatic nitrogens is 2. The summed E-state index contributed by atoms with van der Waals surface area (Å²) in [4.78, 5) is 21.6. The lowest BCUT2D eigenvalue weighted by molar-refractivity contribution is -0.140.